The second-order valence-corrected chi connectivity index (χ2v) is 3.25. The summed E-state index contributed by atoms with van der Waals surface area (Å²) < 4.78 is 0. The molecular weight excluding hydrogens is 154 g/mol. The molecule has 0 saturated carbocycles. The molecule has 70 valence electrons. The van der Waals surface area contributed by atoms with Crippen molar-refractivity contribution in [1.29, 1.82) is 0 Å². The van der Waals surface area contributed by atoms with Crippen molar-refractivity contribution in [3.63, 3.8) is 0 Å². The number of piperidine rings is 1. The average Bonchev–Trinajstić information content (AvgIpc) is 1.94. The number of hydrogen-bond acceptors (Lipinski definition) is 3. The maximum atomic E-state index is 10.6. The molecule has 0 aliphatic carbocycles. The molecule has 0 bridgehead atoms. The summed E-state index contributed by atoms with van der Waals surface area (Å²) in [4.78, 5) is 22.2. The lowest BCUT2D eigenvalue weighted by Crippen LogP contribution is -2.29. The van der Waals surface area contributed by atoms with Crippen LogP contribution in [-0.4, -0.2) is 36.6 Å². The monoisotopic (exact) mass is 171 g/mol. The predicted molar refractivity (Wildman–Crippen MR) is 48.1 cm³/mol. The Hall–Kier alpha value is -0.700. The summed E-state index contributed by atoms with van der Waals surface area (Å²) in [5, 5.41) is 0. The van der Waals surface area contributed by atoms with E-state index in [1.807, 2.05) is 7.05 Å². The number of carbonyl (C=O) groups excluding carboxylic acids is 2. The molecule has 3 heteroatoms. The number of carbonyl (C=O) groups is 2. The van der Waals surface area contributed by atoms with E-state index in [0.717, 1.165) is 25.9 Å². The van der Waals surface area contributed by atoms with Crippen molar-refractivity contribution in [2.24, 2.45) is 0 Å². The van der Waals surface area contributed by atoms with Gasteiger partial charge < -0.3 is 9.69 Å². The van der Waals surface area contributed by atoms with Crippen LogP contribution >= 0.6 is 0 Å². The van der Waals surface area contributed by atoms with Crippen LogP contribution in [0.25, 0.3) is 0 Å². The molecule has 0 N–H and O–H groups in total. The summed E-state index contributed by atoms with van der Waals surface area (Å²) in [7, 11) is 2.05. The van der Waals surface area contributed by atoms with Gasteiger partial charge in [-0.2, -0.15) is 0 Å². The number of Topliss-reactive ketones (excluding diaryl/α,β-unsaturated/α-hetero) is 2. The second kappa shape index (κ2) is 5.89. The SMILES string of the molecule is CC(C)=O.CN1CCC(=O)CC1. The van der Waals surface area contributed by atoms with E-state index in [2.05, 4.69) is 4.90 Å². The van der Waals surface area contributed by atoms with E-state index in [4.69, 9.17) is 0 Å². The number of hydrogen-bond donors (Lipinski definition) is 0. The quantitative estimate of drug-likeness (QED) is 0.543. The van der Waals surface area contributed by atoms with Crippen molar-refractivity contribution < 1.29 is 9.59 Å². The molecule has 0 unspecified atom stereocenters. The van der Waals surface area contributed by atoms with Crippen molar-refractivity contribution in [3.8, 4) is 0 Å². The number of ketones is 2. The third kappa shape index (κ3) is 7.41. The van der Waals surface area contributed by atoms with E-state index in [9.17, 15) is 9.59 Å². The van der Waals surface area contributed by atoms with Crippen LogP contribution in [0.5, 0.6) is 0 Å². The van der Waals surface area contributed by atoms with E-state index in [1.165, 1.54) is 13.8 Å². The number of rotatable bonds is 0. The molecule has 0 spiro atoms. The highest BCUT2D eigenvalue weighted by atomic mass is 16.1. The summed E-state index contributed by atoms with van der Waals surface area (Å²) >= 11 is 0. The Balaban J connectivity index is 0.000000261. The molecule has 1 heterocycles. The van der Waals surface area contributed by atoms with Crippen molar-refractivity contribution in [3.05, 3.63) is 0 Å². The first kappa shape index (κ1) is 11.3. The maximum Gasteiger partial charge on any atom is 0.135 e. The number of nitrogens with zero attached hydrogens (tertiary/aromatic N) is 1. The fourth-order valence-corrected chi connectivity index (χ4v) is 0.868. The van der Waals surface area contributed by atoms with Gasteiger partial charge in [0.05, 0.1) is 0 Å². The van der Waals surface area contributed by atoms with Gasteiger partial charge in [0.1, 0.15) is 11.6 Å². The molecule has 1 fully saturated rings. The van der Waals surface area contributed by atoms with E-state index in [0.29, 0.717) is 5.78 Å². The van der Waals surface area contributed by atoms with Gasteiger partial charge in [0.2, 0.25) is 0 Å². The Morgan fingerprint density at radius 1 is 1.25 bits per heavy atom. The van der Waals surface area contributed by atoms with Crippen LogP contribution in [0.2, 0.25) is 0 Å². The fourth-order valence-electron chi connectivity index (χ4n) is 0.868. The molecule has 1 rings (SSSR count). The largest absolute Gasteiger partial charge is 0.305 e. The average molecular weight is 171 g/mol. The zero-order chi connectivity index (χ0) is 9.56. The smallest absolute Gasteiger partial charge is 0.135 e. The Bertz CT molecular complexity index is 152. The van der Waals surface area contributed by atoms with Gasteiger partial charge in [-0.15, -0.1) is 0 Å². The molecule has 0 radical (unpaired) electrons. The van der Waals surface area contributed by atoms with Crippen LogP contribution in [0.15, 0.2) is 0 Å². The van der Waals surface area contributed by atoms with Gasteiger partial charge >= 0.3 is 0 Å². The molecular formula is C9H17NO2. The first-order chi connectivity index (χ1) is 5.52. The lowest BCUT2D eigenvalue weighted by atomic mass is 10.1. The Morgan fingerprint density at radius 3 is 1.83 bits per heavy atom. The van der Waals surface area contributed by atoms with Crippen molar-refractivity contribution in [2.45, 2.75) is 26.7 Å². The Labute approximate surface area is 73.7 Å². The maximum absolute atomic E-state index is 10.6. The van der Waals surface area contributed by atoms with E-state index in [-0.39, 0.29) is 5.78 Å². The predicted octanol–water partition coefficient (Wildman–Crippen LogP) is 0.876. The van der Waals surface area contributed by atoms with Gasteiger partial charge in [0, 0.05) is 25.9 Å². The van der Waals surface area contributed by atoms with Gasteiger partial charge in [0.25, 0.3) is 0 Å². The molecule has 0 aromatic heterocycles. The normalized spacial score (nSPS) is 18.1. The topological polar surface area (TPSA) is 37.4 Å². The third-order valence-electron chi connectivity index (χ3n) is 1.54. The highest BCUT2D eigenvalue weighted by Crippen LogP contribution is 2.01. The van der Waals surface area contributed by atoms with Crippen LogP contribution in [0, 0.1) is 0 Å². The van der Waals surface area contributed by atoms with Gasteiger partial charge in [-0.1, -0.05) is 0 Å². The first-order valence-corrected chi connectivity index (χ1v) is 4.20. The van der Waals surface area contributed by atoms with Crippen molar-refractivity contribution in [1.82, 2.24) is 4.90 Å². The van der Waals surface area contributed by atoms with Crippen LogP contribution < -0.4 is 0 Å². The number of likely N-dealkylation sites (tertiary alicyclic amines) is 1. The van der Waals surface area contributed by atoms with Crippen LogP contribution in [0.4, 0.5) is 0 Å². The van der Waals surface area contributed by atoms with Crippen LogP contribution in [-0.2, 0) is 9.59 Å². The Kier molecular flexibility index (Phi) is 5.54. The minimum Gasteiger partial charge on any atom is -0.305 e. The summed E-state index contributed by atoms with van der Waals surface area (Å²) in [6.45, 7) is 4.97. The molecule has 1 aliphatic rings. The molecule has 3 nitrogen and oxygen atoms in total. The van der Waals surface area contributed by atoms with Gasteiger partial charge in [-0.3, -0.25) is 4.79 Å². The van der Waals surface area contributed by atoms with E-state index in [1.54, 1.807) is 0 Å². The molecule has 0 aromatic carbocycles. The summed E-state index contributed by atoms with van der Waals surface area (Å²) in [6, 6.07) is 0. The van der Waals surface area contributed by atoms with Gasteiger partial charge in [0.15, 0.2) is 0 Å². The van der Waals surface area contributed by atoms with Crippen molar-refractivity contribution in [2.75, 3.05) is 20.1 Å². The van der Waals surface area contributed by atoms with Gasteiger partial charge in [-0.25, -0.2) is 0 Å². The molecule has 0 amide bonds. The highest BCUT2D eigenvalue weighted by molar-refractivity contribution is 5.79. The minimum atomic E-state index is 0.167. The van der Waals surface area contributed by atoms with Crippen LogP contribution in [0.1, 0.15) is 26.7 Å². The van der Waals surface area contributed by atoms with Crippen molar-refractivity contribution >= 4 is 11.6 Å². The molecule has 12 heavy (non-hydrogen) atoms. The lowest BCUT2D eigenvalue weighted by Gasteiger charge is -2.19. The minimum absolute atomic E-state index is 0.167. The summed E-state index contributed by atoms with van der Waals surface area (Å²) in [6.07, 6.45) is 1.52. The second-order valence-electron chi connectivity index (χ2n) is 3.25. The molecule has 0 atom stereocenters. The highest BCUT2D eigenvalue weighted by Gasteiger charge is 2.10. The summed E-state index contributed by atoms with van der Waals surface area (Å²) in [5.74, 6) is 0.586. The van der Waals surface area contributed by atoms with E-state index < -0.39 is 0 Å². The standard InChI is InChI=1S/C6H11NO.C3H6O/c1-7-4-2-6(8)3-5-7;1-3(2)4/h2-5H2,1H3;1-2H3. The first-order valence-electron chi connectivity index (χ1n) is 4.20. The summed E-state index contributed by atoms with van der Waals surface area (Å²) in [5.41, 5.74) is 0. The van der Waals surface area contributed by atoms with Gasteiger partial charge in [-0.05, 0) is 20.9 Å². The van der Waals surface area contributed by atoms with E-state index >= 15 is 0 Å². The third-order valence-corrected chi connectivity index (χ3v) is 1.54. The molecule has 0 aromatic rings. The Morgan fingerprint density at radius 2 is 1.58 bits per heavy atom. The van der Waals surface area contributed by atoms with Crippen LogP contribution in [0.3, 0.4) is 0 Å². The lowest BCUT2D eigenvalue weighted by molar-refractivity contribution is -0.121. The zero-order valence-corrected chi connectivity index (χ0v) is 8.09. The molecule has 1 aliphatic heterocycles. The molecule has 1 saturated heterocycles. The zero-order valence-electron chi connectivity index (χ0n) is 8.09. The fraction of sp³-hybridized carbons (Fsp3) is 0.778.